The number of rotatable bonds is 5. The molecule has 4 aromatic rings. The first-order valence-corrected chi connectivity index (χ1v) is 9.74. The molecule has 0 saturated carbocycles. The fraction of sp³-hybridized carbons (Fsp3) is 0.0556. The van der Waals surface area contributed by atoms with E-state index in [1.54, 1.807) is 23.9 Å². The highest BCUT2D eigenvalue weighted by molar-refractivity contribution is 9.10. The molecule has 0 spiro atoms. The van der Waals surface area contributed by atoms with Gasteiger partial charge in [0, 0.05) is 28.0 Å². The van der Waals surface area contributed by atoms with Crippen LogP contribution < -0.4 is 5.32 Å². The maximum absolute atomic E-state index is 12.7. The molecule has 0 atom stereocenters. The maximum Gasteiger partial charge on any atom is 0.294 e. The van der Waals surface area contributed by atoms with Gasteiger partial charge in [-0.25, -0.2) is 4.68 Å². The number of tetrazole rings is 1. The van der Waals surface area contributed by atoms with Crippen LogP contribution in [0, 0.1) is 0 Å². The molecule has 28 heavy (non-hydrogen) atoms. The zero-order valence-corrected chi connectivity index (χ0v) is 16.9. The third kappa shape index (κ3) is 3.97. The second-order valence-electron chi connectivity index (χ2n) is 5.72. The fourth-order valence-corrected chi connectivity index (χ4v) is 3.57. The zero-order chi connectivity index (χ0) is 19.5. The van der Waals surface area contributed by atoms with Crippen LogP contribution in [0.1, 0.15) is 10.6 Å². The first-order valence-electron chi connectivity index (χ1n) is 8.13. The van der Waals surface area contributed by atoms with Gasteiger partial charge in [-0.05, 0) is 40.4 Å². The summed E-state index contributed by atoms with van der Waals surface area (Å²) in [6.45, 7) is 0. The lowest BCUT2D eigenvalue weighted by molar-refractivity contribution is 0.0987. The first kappa shape index (κ1) is 18.4. The maximum atomic E-state index is 12.7. The Bertz CT molecular complexity index is 1130. The molecular weight excluding hydrogens is 444 g/mol. The molecule has 0 aliphatic rings. The lowest BCUT2D eigenvalue weighted by Crippen LogP contribution is -2.11. The average Bonchev–Trinajstić information content (AvgIpc) is 3.34. The number of benzene rings is 2. The molecule has 0 aliphatic heterocycles. The van der Waals surface area contributed by atoms with Gasteiger partial charge in [-0.15, -0.1) is 5.10 Å². The summed E-state index contributed by atoms with van der Waals surface area (Å²) in [5.74, 6) is -0.277. The summed E-state index contributed by atoms with van der Waals surface area (Å²) in [7, 11) is 1.75. The topological polar surface area (TPSA) is 98.7 Å². The first-order chi connectivity index (χ1) is 13.6. The molecule has 0 unspecified atom stereocenters. The monoisotopic (exact) mass is 456 g/mol. The minimum absolute atomic E-state index is 0.120. The van der Waals surface area contributed by atoms with Crippen LogP contribution in [0.5, 0.6) is 0 Å². The summed E-state index contributed by atoms with van der Waals surface area (Å²) in [4.78, 5) is 13.5. The number of hydrogen-bond acceptors (Lipinski definition) is 7. The number of nitrogens with one attached hydrogen (secondary N) is 1. The number of carbonyl (C=O) groups is 1. The van der Waals surface area contributed by atoms with E-state index in [0.717, 1.165) is 14.9 Å². The van der Waals surface area contributed by atoms with E-state index in [9.17, 15) is 4.79 Å². The van der Waals surface area contributed by atoms with Gasteiger partial charge in [0.05, 0.1) is 5.69 Å². The Morgan fingerprint density at radius 1 is 1.18 bits per heavy atom. The zero-order valence-electron chi connectivity index (χ0n) is 14.5. The molecule has 140 valence electrons. The van der Waals surface area contributed by atoms with E-state index in [2.05, 4.69) is 41.9 Å². The summed E-state index contributed by atoms with van der Waals surface area (Å²) < 4.78 is 7.61. The van der Waals surface area contributed by atoms with Crippen molar-refractivity contribution >= 4 is 39.3 Å². The molecule has 0 radical (unpaired) electrons. The number of amides is 1. The van der Waals surface area contributed by atoms with Crippen molar-refractivity contribution in [2.75, 3.05) is 5.32 Å². The van der Waals surface area contributed by atoms with Crippen LogP contribution in [0.3, 0.4) is 0 Å². The highest BCUT2D eigenvalue weighted by Gasteiger charge is 2.17. The summed E-state index contributed by atoms with van der Waals surface area (Å²) >= 11 is 4.77. The van der Waals surface area contributed by atoms with Gasteiger partial charge < -0.3 is 9.84 Å². The van der Waals surface area contributed by atoms with Crippen LogP contribution in [-0.2, 0) is 7.05 Å². The highest BCUT2D eigenvalue weighted by atomic mass is 79.9. The molecule has 1 amide bonds. The van der Waals surface area contributed by atoms with Crippen molar-refractivity contribution in [3.8, 4) is 11.3 Å². The Morgan fingerprint density at radius 2 is 2.00 bits per heavy atom. The minimum Gasteiger partial charge on any atom is -0.350 e. The molecule has 4 rings (SSSR count). The molecule has 10 heteroatoms. The number of nitrogens with zero attached hydrogens (tertiary/aromatic N) is 5. The van der Waals surface area contributed by atoms with E-state index < -0.39 is 5.91 Å². The van der Waals surface area contributed by atoms with E-state index in [1.807, 2.05) is 42.5 Å². The van der Waals surface area contributed by atoms with E-state index >= 15 is 0 Å². The normalized spacial score (nSPS) is 10.8. The Kier molecular flexibility index (Phi) is 5.22. The van der Waals surface area contributed by atoms with E-state index in [0.29, 0.717) is 16.5 Å². The molecule has 0 aliphatic carbocycles. The van der Waals surface area contributed by atoms with Gasteiger partial charge in [0.15, 0.2) is 0 Å². The second-order valence-corrected chi connectivity index (χ2v) is 7.65. The lowest BCUT2D eigenvalue weighted by atomic mass is 10.1. The van der Waals surface area contributed by atoms with Crippen LogP contribution >= 0.6 is 27.7 Å². The summed E-state index contributed by atoms with van der Waals surface area (Å²) in [5.41, 5.74) is 2.07. The van der Waals surface area contributed by atoms with Crippen molar-refractivity contribution in [1.29, 1.82) is 0 Å². The standard InChI is InChI=1S/C18H13BrN6O2S/c1-25-18(21-23-24-25)28-16-8-7-12(19)9-14(16)20-17(26)15-10-13(22-27-15)11-5-3-2-4-6-11/h2-10H,1H3,(H,20,26). The Hall–Kier alpha value is -2.98. The van der Waals surface area contributed by atoms with Crippen LogP contribution in [0.2, 0.25) is 0 Å². The smallest absolute Gasteiger partial charge is 0.294 e. The van der Waals surface area contributed by atoms with E-state index in [1.165, 1.54) is 11.8 Å². The molecule has 8 nitrogen and oxygen atoms in total. The van der Waals surface area contributed by atoms with Gasteiger partial charge >= 0.3 is 0 Å². The molecule has 0 bridgehead atoms. The van der Waals surface area contributed by atoms with Crippen molar-refractivity contribution in [3.05, 3.63) is 64.8 Å². The third-order valence-corrected chi connectivity index (χ3v) is 5.37. The lowest BCUT2D eigenvalue weighted by Gasteiger charge is -2.09. The van der Waals surface area contributed by atoms with Gasteiger partial charge in [0.1, 0.15) is 5.69 Å². The molecular formula is C18H13BrN6O2S. The summed E-state index contributed by atoms with van der Waals surface area (Å²) in [6.07, 6.45) is 0. The summed E-state index contributed by atoms with van der Waals surface area (Å²) in [5, 5.41) is 18.8. The van der Waals surface area contributed by atoms with Crippen molar-refractivity contribution in [3.63, 3.8) is 0 Å². The van der Waals surface area contributed by atoms with Gasteiger partial charge in [-0.1, -0.05) is 51.4 Å². The number of halogens is 1. The van der Waals surface area contributed by atoms with Gasteiger partial charge in [-0.3, -0.25) is 4.79 Å². The number of hydrogen-bond donors (Lipinski definition) is 1. The van der Waals surface area contributed by atoms with Crippen LogP contribution in [0.4, 0.5) is 5.69 Å². The SMILES string of the molecule is Cn1nnnc1Sc1ccc(Br)cc1NC(=O)c1cc(-c2ccccc2)no1. The number of aryl methyl sites for hydroxylation is 1. The van der Waals surface area contributed by atoms with Crippen molar-refractivity contribution in [2.24, 2.45) is 7.05 Å². The van der Waals surface area contributed by atoms with Crippen molar-refractivity contribution in [2.45, 2.75) is 10.1 Å². The Balaban J connectivity index is 1.57. The molecule has 0 fully saturated rings. The molecule has 1 N–H and O–H groups in total. The molecule has 2 heterocycles. The Labute approximate surface area is 172 Å². The van der Waals surface area contributed by atoms with Gasteiger partial charge in [0.2, 0.25) is 10.9 Å². The quantitative estimate of drug-likeness (QED) is 0.483. The predicted molar refractivity (Wildman–Crippen MR) is 107 cm³/mol. The fourth-order valence-electron chi connectivity index (χ4n) is 2.41. The van der Waals surface area contributed by atoms with E-state index in [4.69, 9.17) is 4.52 Å². The highest BCUT2D eigenvalue weighted by Crippen LogP contribution is 2.34. The molecule has 0 saturated heterocycles. The predicted octanol–water partition coefficient (Wildman–Crippen LogP) is 4.03. The second kappa shape index (κ2) is 7.95. The van der Waals surface area contributed by atoms with Crippen molar-refractivity contribution in [1.82, 2.24) is 25.4 Å². The molecule has 2 aromatic heterocycles. The van der Waals surface area contributed by atoms with E-state index in [-0.39, 0.29) is 5.76 Å². The minimum atomic E-state index is -0.397. The van der Waals surface area contributed by atoms with Crippen molar-refractivity contribution < 1.29 is 9.32 Å². The van der Waals surface area contributed by atoms with Gasteiger partial charge in [-0.2, -0.15) is 0 Å². The van der Waals surface area contributed by atoms with Gasteiger partial charge in [0.25, 0.3) is 5.91 Å². The Morgan fingerprint density at radius 3 is 2.75 bits per heavy atom. The number of carbonyl (C=O) groups excluding carboxylic acids is 1. The third-order valence-electron chi connectivity index (χ3n) is 3.78. The largest absolute Gasteiger partial charge is 0.350 e. The average molecular weight is 457 g/mol. The molecule has 2 aromatic carbocycles. The number of anilines is 1. The van der Waals surface area contributed by atoms with Crippen LogP contribution in [0.25, 0.3) is 11.3 Å². The van der Waals surface area contributed by atoms with Crippen LogP contribution in [-0.4, -0.2) is 31.3 Å². The van der Waals surface area contributed by atoms with Crippen LogP contribution in [0.15, 0.2) is 73.6 Å². The summed E-state index contributed by atoms with van der Waals surface area (Å²) in [6, 6.07) is 16.7. The number of aromatic nitrogens is 5.